The summed E-state index contributed by atoms with van der Waals surface area (Å²) in [6.07, 6.45) is 1.47. The van der Waals surface area contributed by atoms with Crippen LogP contribution in [0.5, 0.6) is 0 Å². The van der Waals surface area contributed by atoms with Gasteiger partial charge in [0.25, 0.3) is 5.91 Å². The van der Waals surface area contributed by atoms with Crippen molar-refractivity contribution in [3.05, 3.63) is 17.0 Å². The molecular formula is C15H23N3O3. The van der Waals surface area contributed by atoms with Gasteiger partial charge in [-0.15, -0.1) is 0 Å². The van der Waals surface area contributed by atoms with Crippen LogP contribution in [0, 0.1) is 19.8 Å². The van der Waals surface area contributed by atoms with E-state index in [0.29, 0.717) is 18.5 Å². The lowest BCUT2D eigenvalue weighted by atomic mass is 10.0. The first kappa shape index (κ1) is 15.5. The van der Waals surface area contributed by atoms with Crippen molar-refractivity contribution in [1.82, 2.24) is 14.7 Å². The first-order valence-electron chi connectivity index (χ1n) is 7.46. The molecule has 1 aromatic heterocycles. The monoisotopic (exact) mass is 293 g/mol. The summed E-state index contributed by atoms with van der Waals surface area (Å²) in [7, 11) is 0. The molecule has 2 atom stereocenters. The molecule has 1 aliphatic rings. The number of carbonyl (C=O) groups is 2. The SMILES string of the molecule is CCCn1nc(C)c(C(=O)N2CCC(C(=O)O)C2C)c1C. The van der Waals surface area contributed by atoms with E-state index in [4.69, 9.17) is 0 Å². The summed E-state index contributed by atoms with van der Waals surface area (Å²) in [5.41, 5.74) is 2.21. The number of nitrogens with zero attached hydrogens (tertiary/aromatic N) is 3. The molecule has 2 rings (SSSR count). The number of amides is 1. The highest BCUT2D eigenvalue weighted by atomic mass is 16.4. The highest BCUT2D eigenvalue weighted by Crippen LogP contribution is 2.27. The predicted octanol–water partition coefficient (Wildman–Crippen LogP) is 1.85. The Kier molecular flexibility index (Phi) is 4.34. The number of hydrogen-bond acceptors (Lipinski definition) is 3. The smallest absolute Gasteiger partial charge is 0.308 e. The van der Waals surface area contributed by atoms with Crippen LogP contribution < -0.4 is 0 Å². The van der Waals surface area contributed by atoms with E-state index in [-0.39, 0.29) is 11.9 Å². The van der Waals surface area contributed by atoms with Crippen LogP contribution in [0.2, 0.25) is 0 Å². The Labute approximate surface area is 124 Å². The minimum atomic E-state index is -0.826. The summed E-state index contributed by atoms with van der Waals surface area (Å²) in [5.74, 6) is -1.39. The molecule has 1 N–H and O–H groups in total. The average Bonchev–Trinajstić information content (AvgIpc) is 2.91. The first-order chi connectivity index (χ1) is 9.88. The second kappa shape index (κ2) is 5.87. The zero-order chi connectivity index (χ0) is 15.7. The molecule has 1 fully saturated rings. The lowest BCUT2D eigenvalue weighted by Gasteiger charge is -2.23. The van der Waals surface area contributed by atoms with Gasteiger partial charge in [-0.25, -0.2) is 0 Å². The van der Waals surface area contributed by atoms with Crippen molar-refractivity contribution >= 4 is 11.9 Å². The van der Waals surface area contributed by atoms with Crippen molar-refractivity contribution in [2.24, 2.45) is 5.92 Å². The maximum atomic E-state index is 12.8. The Morgan fingerprint density at radius 2 is 2.05 bits per heavy atom. The molecule has 1 aromatic rings. The maximum absolute atomic E-state index is 12.8. The van der Waals surface area contributed by atoms with E-state index < -0.39 is 11.9 Å². The zero-order valence-electron chi connectivity index (χ0n) is 13.1. The highest BCUT2D eigenvalue weighted by molar-refractivity contribution is 5.97. The van der Waals surface area contributed by atoms with Crippen molar-refractivity contribution in [2.45, 2.75) is 53.1 Å². The standard InChI is InChI=1S/C15H23N3O3/c1-5-7-18-11(4)13(9(2)16-18)14(19)17-8-6-12(10(17)3)15(20)21/h10,12H,5-8H2,1-4H3,(H,20,21). The molecular weight excluding hydrogens is 270 g/mol. The zero-order valence-corrected chi connectivity index (χ0v) is 13.1. The van der Waals surface area contributed by atoms with Gasteiger partial charge in [0.15, 0.2) is 0 Å². The molecule has 116 valence electrons. The Morgan fingerprint density at radius 3 is 2.57 bits per heavy atom. The van der Waals surface area contributed by atoms with E-state index in [0.717, 1.165) is 24.4 Å². The molecule has 2 unspecified atom stereocenters. The number of aliphatic carboxylic acids is 1. The Morgan fingerprint density at radius 1 is 1.38 bits per heavy atom. The van der Waals surface area contributed by atoms with E-state index in [1.807, 2.05) is 25.5 Å². The van der Waals surface area contributed by atoms with Gasteiger partial charge in [0.1, 0.15) is 0 Å². The third-order valence-corrected chi connectivity index (χ3v) is 4.36. The minimum absolute atomic E-state index is 0.0939. The third-order valence-electron chi connectivity index (χ3n) is 4.36. The lowest BCUT2D eigenvalue weighted by Crippen LogP contribution is -2.38. The van der Waals surface area contributed by atoms with E-state index in [1.165, 1.54) is 0 Å². The van der Waals surface area contributed by atoms with Crippen molar-refractivity contribution < 1.29 is 14.7 Å². The second-order valence-corrected chi connectivity index (χ2v) is 5.74. The Balaban J connectivity index is 2.27. The fourth-order valence-corrected chi connectivity index (χ4v) is 3.14. The number of aryl methyl sites for hydroxylation is 2. The van der Waals surface area contributed by atoms with Gasteiger partial charge in [0, 0.05) is 24.8 Å². The molecule has 1 aliphatic heterocycles. The van der Waals surface area contributed by atoms with Crippen LogP contribution in [0.4, 0.5) is 0 Å². The summed E-state index contributed by atoms with van der Waals surface area (Å²) in [6.45, 7) is 8.89. The van der Waals surface area contributed by atoms with Crippen molar-refractivity contribution in [3.63, 3.8) is 0 Å². The number of hydrogen-bond donors (Lipinski definition) is 1. The number of carbonyl (C=O) groups excluding carboxylic acids is 1. The molecule has 0 radical (unpaired) electrons. The summed E-state index contributed by atoms with van der Waals surface area (Å²) < 4.78 is 1.86. The largest absolute Gasteiger partial charge is 0.481 e. The van der Waals surface area contributed by atoms with Gasteiger partial charge in [0.05, 0.1) is 17.2 Å². The fraction of sp³-hybridized carbons (Fsp3) is 0.667. The second-order valence-electron chi connectivity index (χ2n) is 5.74. The fourth-order valence-electron chi connectivity index (χ4n) is 3.14. The van der Waals surface area contributed by atoms with Gasteiger partial charge in [0.2, 0.25) is 0 Å². The van der Waals surface area contributed by atoms with E-state index in [1.54, 1.807) is 4.90 Å². The van der Waals surface area contributed by atoms with E-state index in [9.17, 15) is 14.7 Å². The molecule has 0 aromatic carbocycles. The van der Waals surface area contributed by atoms with Crippen LogP contribution in [-0.4, -0.2) is 44.3 Å². The minimum Gasteiger partial charge on any atom is -0.481 e. The van der Waals surface area contributed by atoms with Crippen LogP contribution in [0.25, 0.3) is 0 Å². The maximum Gasteiger partial charge on any atom is 0.308 e. The van der Waals surface area contributed by atoms with E-state index in [2.05, 4.69) is 12.0 Å². The topological polar surface area (TPSA) is 75.4 Å². The van der Waals surface area contributed by atoms with Gasteiger partial charge in [-0.2, -0.15) is 5.10 Å². The lowest BCUT2D eigenvalue weighted by molar-refractivity contribution is -0.142. The van der Waals surface area contributed by atoms with E-state index >= 15 is 0 Å². The molecule has 21 heavy (non-hydrogen) atoms. The van der Waals surface area contributed by atoms with Crippen molar-refractivity contribution in [2.75, 3.05) is 6.54 Å². The molecule has 1 amide bonds. The van der Waals surface area contributed by atoms with Crippen LogP contribution in [-0.2, 0) is 11.3 Å². The number of likely N-dealkylation sites (tertiary alicyclic amines) is 1. The summed E-state index contributed by atoms with van der Waals surface area (Å²) >= 11 is 0. The van der Waals surface area contributed by atoms with Gasteiger partial charge in [-0.1, -0.05) is 6.92 Å². The van der Waals surface area contributed by atoms with Crippen LogP contribution in [0.15, 0.2) is 0 Å². The normalized spacial score (nSPS) is 21.8. The molecule has 0 bridgehead atoms. The Bertz CT molecular complexity index is 565. The van der Waals surface area contributed by atoms with Crippen LogP contribution in [0.1, 0.15) is 48.4 Å². The van der Waals surface area contributed by atoms with Crippen LogP contribution >= 0.6 is 0 Å². The number of rotatable bonds is 4. The predicted molar refractivity (Wildman–Crippen MR) is 78.2 cm³/mol. The molecule has 1 saturated heterocycles. The molecule has 2 heterocycles. The summed E-state index contributed by atoms with van der Waals surface area (Å²) in [4.78, 5) is 25.6. The summed E-state index contributed by atoms with van der Waals surface area (Å²) in [5, 5.41) is 13.6. The average molecular weight is 293 g/mol. The van der Waals surface area contributed by atoms with Gasteiger partial charge in [-0.05, 0) is 33.6 Å². The first-order valence-corrected chi connectivity index (χ1v) is 7.46. The number of carboxylic acid groups (broad SMARTS) is 1. The van der Waals surface area contributed by atoms with Gasteiger partial charge >= 0.3 is 5.97 Å². The number of carboxylic acids is 1. The molecule has 0 spiro atoms. The molecule has 6 heteroatoms. The Hall–Kier alpha value is -1.85. The third kappa shape index (κ3) is 2.66. The highest BCUT2D eigenvalue weighted by Gasteiger charge is 2.39. The van der Waals surface area contributed by atoms with Crippen LogP contribution in [0.3, 0.4) is 0 Å². The van der Waals surface area contributed by atoms with Gasteiger partial charge < -0.3 is 10.0 Å². The molecule has 0 saturated carbocycles. The quantitative estimate of drug-likeness (QED) is 0.919. The molecule has 0 aliphatic carbocycles. The molecule has 6 nitrogen and oxygen atoms in total. The van der Waals surface area contributed by atoms with Crippen molar-refractivity contribution in [1.29, 1.82) is 0 Å². The van der Waals surface area contributed by atoms with Gasteiger partial charge in [-0.3, -0.25) is 14.3 Å². The number of aromatic nitrogens is 2. The summed E-state index contributed by atoms with van der Waals surface area (Å²) in [6, 6.07) is -0.275. The van der Waals surface area contributed by atoms with Crippen molar-refractivity contribution in [3.8, 4) is 0 Å².